The average molecular weight is 322 g/mol. The number of rotatable bonds is 8. The van der Waals surface area contributed by atoms with Gasteiger partial charge in [-0.15, -0.1) is 0 Å². The molecule has 1 fully saturated rings. The molecule has 1 unspecified atom stereocenters. The maximum Gasteiger partial charge on any atom is 0.225 e. The van der Waals surface area contributed by atoms with Crippen LogP contribution in [-0.4, -0.2) is 46.5 Å². The Balaban J connectivity index is 1.70. The third-order valence-corrected chi connectivity index (χ3v) is 4.81. The Bertz CT molecular complexity index is 443. The van der Waals surface area contributed by atoms with Gasteiger partial charge in [0.2, 0.25) is 11.9 Å². The van der Waals surface area contributed by atoms with Gasteiger partial charge in [-0.25, -0.2) is 9.97 Å². The van der Waals surface area contributed by atoms with Crippen molar-refractivity contribution in [2.45, 2.75) is 45.1 Å². The summed E-state index contributed by atoms with van der Waals surface area (Å²) >= 11 is 1.87. The highest BCUT2D eigenvalue weighted by atomic mass is 32.2. The molecular formula is C16H26N4OS. The van der Waals surface area contributed by atoms with Crippen molar-refractivity contribution in [2.24, 2.45) is 0 Å². The summed E-state index contributed by atoms with van der Waals surface area (Å²) in [4.78, 5) is 22.8. The summed E-state index contributed by atoms with van der Waals surface area (Å²) in [5.41, 5.74) is 0. The fraction of sp³-hybridized carbons (Fsp3) is 0.688. The minimum absolute atomic E-state index is 0.171. The molecule has 1 aliphatic heterocycles. The number of anilines is 1. The molecule has 0 bridgehead atoms. The van der Waals surface area contributed by atoms with Gasteiger partial charge in [0.05, 0.1) is 0 Å². The number of unbranched alkanes of at least 4 members (excludes halogenated alkanes) is 1. The van der Waals surface area contributed by atoms with Crippen molar-refractivity contribution in [3.8, 4) is 0 Å². The first kappa shape index (κ1) is 17.1. The number of aromatic nitrogens is 2. The fourth-order valence-corrected chi connectivity index (χ4v) is 3.57. The van der Waals surface area contributed by atoms with E-state index in [9.17, 15) is 4.79 Å². The Morgan fingerprint density at radius 2 is 2.23 bits per heavy atom. The van der Waals surface area contributed by atoms with E-state index in [1.54, 1.807) is 12.4 Å². The second-order valence-electron chi connectivity index (χ2n) is 5.62. The SMILES string of the molecule is CCCCSCCC(=O)NC1CCCN(c2ncccn2)C1. The topological polar surface area (TPSA) is 58.1 Å². The fourth-order valence-electron chi connectivity index (χ4n) is 2.54. The molecule has 0 radical (unpaired) electrons. The van der Waals surface area contributed by atoms with E-state index in [0.29, 0.717) is 6.42 Å². The van der Waals surface area contributed by atoms with Crippen LogP contribution in [0, 0.1) is 0 Å². The molecule has 1 amide bonds. The number of hydrogen-bond donors (Lipinski definition) is 1. The van der Waals surface area contributed by atoms with Gasteiger partial charge in [0.25, 0.3) is 0 Å². The van der Waals surface area contributed by atoms with Gasteiger partial charge in [-0.05, 0) is 31.1 Å². The first-order valence-corrected chi connectivity index (χ1v) is 9.34. The second-order valence-corrected chi connectivity index (χ2v) is 6.84. The van der Waals surface area contributed by atoms with Crippen LogP contribution in [0.25, 0.3) is 0 Å². The lowest BCUT2D eigenvalue weighted by Crippen LogP contribution is -2.48. The van der Waals surface area contributed by atoms with Crippen LogP contribution >= 0.6 is 11.8 Å². The van der Waals surface area contributed by atoms with Crippen LogP contribution in [0.15, 0.2) is 18.5 Å². The average Bonchev–Trinajstić information content (AvgIpc) is 2.56. The highest BCUT2D eigenvalue weighted by molar-refractivity contribution is 7.99. The van der Waals surface area contributed by atoms with Crippen LogP contribution < -0.4 is 10.2 Å². The van der Waals surface area contributed by atoms with Crippen LogP contribution in [0.2, 0.25) is 0 Å². The van der Waals surface area contributed by atoms with E-state index >= 15 is 0 Å². The van der Waals surface area contributed by atoms with E-state index in [0.717, 1.165) is 43.4 Å². The zero-order chi connectivity index (χ0) is 15.6. The van der Waals surface area contributed by atoms with Crippen molar-refractivity contribution in [3.63, 3.8) is 0 Å². The molecule has 1 N–H and O–H groups in total. The molecule has 1 aromatic heterocycles. The second kappa shape index (κ2) is 9.66. The molecule has 5 nitrogen and oxygen atoms in total. The Morgan fingerprint density at radius 3 is 3.00 bits per heavy atom. The summed E-state index contributed by atoms with van der Waals surface area (Å²) in [6.45, 7) is 3.96. The molecule has 0 saturated carbocycles. The Labute approximate surface area is 137 Å². The number of carbonyl (C=O) groups excluding carboxylic acids is 1. The smallest absolute Gasteiger partial charge is 0.225 e. The van der Waals surface area contributed by atoms with E-state index in [1.165, 1.54) is 12.8 Å². The molecule has 0 aromatic carbocycles. The molecule has 122 valence electrons. The van der Waals surface area contributed by atoms with Crippen LogP contribution in [-0.2, 0) is 4.79 Å². The maximum atomic E-state index is 12.0. The number of piperidine rings is 1. The van der Waals surface area contributed by atoms with Gasteiger partial charge in [0.1, 0.15) is 0 Å². The Hall–Kier alpha value is -1.30. The third-order valence-electron chi connectivity index (χ3n) is 3.74. The summed E-state index contributed by atoms with van der Waals surface area (Å²) in [6, 6.07) is 2.04. The van der Waals surface area contributed by atoms with Crippen molar-refractivity contribution in [3.05, 3.63) is 18.5 Å². The minimum Gasteiger partial charge on any atom is -0.352 e. The zero-order valence-electron chi connectivity index (χ0n) is 13.3. The van der Waals surface area contributed by atoms with Crippen LogP contribution in [0.3, 0.4) is 0 Å². The lowest BCUT2D eigenvalue weighted by atomic mass is 10.1. The minimum atomic E-state index is 0.171. The highest BCUT2D eigenvalue weighted by Crippen LogP contribution is 2.15. The zero-order valence-corrected chi connectivity index (χ0v) is 14.1. The lowest BCUT2D eigenvalue weighted by molar-refractivity contribution is -0.121. The van der Waals surface area contributed by atoms with E-state index in [-0.39, 0.29) is 11.9 Å². The summed E-state index contributed by atoms with van der Waals surface area (Å²) in [6.07, 6.45) is 8.70. The molecule has 2 rings (SSSR count). The number of carbonyl (C=O) groups is 1. The first-order valence-electron chi connectivity index (χ1n) is 8.18. The van der Waals surface area contributed by atoms with Crippen molar-refractivity contribution in [1.29, 1.82) is 0 Å². The predicted molar refractivity (Wildman–Crippen MR) is 92.3 cm³/mol. The van der Waals surface area contributed by atoms with Gasteiger partial charge in [-0.3, -0.25) is 4.79 Å². The standard InChI is InChI=1S/C16H26N4OS/c1-2-3-11-22-12-7-15(21)19-14-6-4-10-20(13-14)16-17-8-5-9-18-16/h5,8-9,14H,2-4,6-7,10-13H2,1H3,(H,19,21). The van der Waals surface area contributed by atoms with Crippen LogP contribution in [0.5, 0.6) is 0 Å². The molecule has 2 heterocycles. The van der Waals surface area contributed by atoms with Gasteiger partial charge < -0.3 is 10.2 Å². The van der Waals surface area contributed by atoms with Gasteiger partial charge in [0, 0.05) is 43.7 Å². The third kappa shape index (κ3) is 5.83. The van der Waals surface area contributed by atoms with Crippen LogP contribution in [0.4, 0.5) is 5.95 Å². The number of hydrogen-bond acceptors (Lipinski definition) is 5. The quantitative estimate of drug-likeness (QED) is 0.745. The summed E-state index contributed by atoms with van der Waals surface area (Å²) in [7, 11) is 0. The molecular weight excluding hydrogens is 296 g/mol. The van der Waals surface area contributed by atoms with Gasteiger partial charge in [0.15, 0.2) is 0 Å². The summed E-state index contributed by atoms with van der Waals surface area (Å²) in [5, 5.41) is 3.16. The largest absolute Gasteiger partial charge is 0.352 e. The van der Waals surface area contributed by atoms with Gasteiger partial charge >= 0.3 is 0 Å². The molecule has 6 heteroatoms. The van der Waals surface area contributed by atoms with E-state index in [2.05, 4.69) is 27.1 Å². The molecule has 1 aliphatic rings. The molecule has 1 aromatic rings. The van der Waals surface area contributed by atoms with Crippen molar-refractivity contribution in [1.82, 2.24) is 15.3 Å². The van der Waals surface area contributed by atoms with E-state index in [4.69, 9.17) is 0 Å². The lowest BCUT2D eigenvalue weighted by Gasteiger charge is -2.33. The Kier molecular flexibility index (Phi) is 7.49. The van der Waals surface area contributed by atoms with Crippen molar-refractivity contribution in [2.75, 3.05) is 29.5 Å². The van der Waals surface area contributed by atoms with Gasteiger partial charge in [-0.1, -0.05) is 13.3 Å². The molecule has 1 atom stereocenters. The first-order chi connectivity index (χ1) is 10.8. The predicted octanol–water partition coefficient (Wildman–Crippen LogP) is 2.49. The van der Waals surface area contributed by atoms with Crippen molar-refractivity contribution >= 4 is 23.6 Å². The summed E-state index contributed by atoms with van der Waals surface area (Å²) in [5.74, 6) is 3.01. The normalized spacial score (nSPS) is 18.2. The number of nitrogens with zero attached hydrogens (tertiary/aromatic N) is 3. The highest BCUT2D eigenvalue weighted by Gasteiger charge is 2.22. The van der Waals surface area contributed by atoms with Crippen molar-refractivity contribution < 1.29 is 4.79 Å². The molecule has 0 spiro atoms. The molecule has 0 aliphatic carbocycles. The maximum absolute atomic E-state index is 12.0. The van der Waals surface area contributed by atoms with E-state index < -0.39 is 0 Å². The van der Waals surface area contributed by atoms with Crippen LogP contribution in [0.1, 0.15) is 39.0 Å². The number of nitrogens with one attached hydrogen (secondary N) is 1. The number of thioether (sulfide) groups is 1. The van der Waals surface area contributed by atoms with E-state index in [1.807, 2.05) is 17.8 Å². The Morgan fingerprint density at radius 1 is 1.41 bits per heavy atom. The monoisotopic (exact) mass is 322 g/mol. The molecule has 22 heavy (non-hydrogen) atoms. The van der Waals surface area contributed by atoms with Gasteiger partial charge in [-0.2, -0.15) is 11.8 Å². The summed E-state index contributed by atoms with van der Waals surface area (Å²) < 4.78 is 0. The number of amides is 1. The molecule has 1 saturated heterocycles.